The molecule has 1 atom stereocenters. The van der Waals surface area contributed by atoms with Crippen molar-refractivity contribution in [2.75, 3.05) is 11.9 Å². The first-order valence-corrected chi connectivity index (χ1v) is 11.4. The molecule has 0 saturated heterocycles. The van der Waals surface area contributed by atoms with Crippen molar-refractivity contribution in [3.8, 4) is 6.07 Å². The first-order chi connectivity index (χ1) is 15.0. The van der Waals surface area contributed by atoms with E-state index in [9.17, 15) is 18.5 Å². The van der Waals surface area contributed by atoms with Crippen molar-refractivity contribution in [1.29, 1.82) is 5.26 Å². The van der Waals surface area contributed by atoms with Crippen LogP contribution < -0.4 is 10.6 Å². The third-order valence-electron chi connectivity index (χ3n) is 5.43. The third kappa shape index (κ3) is 3.78. The van der Waals surface area contributed by atoms with Crippen molar-refractivity contribution in [3.63, 3.8) is 0 Å². The topological polar surface area (TPSA) is 99.1 Å². The van der Waals surface area contributed by atoms with E-state index in [4.69, 9.17) is 0 Å². The van der Waals surface area contributed by atoms with Gasteiger partial charge in [-0.3, -0.25) is 4.79 Å². The number of carbonyl (C=O) groups excluding carboxylic acids is 1. The summed E-state index contributed by atoms with van der Waals surface area (Å²) in [5.74, 6) is -0.609. The van der Waals surface area contributed by atoms with Gasteiger partial charge in [-0.1, -0.05) is 54.6 Å². The Morgan fingerprint density at radius 3 is 2.52 bits per heavy atom. The van der Waals surface area contributed by atoms with Gasteiger partial charge in [0, 0.05) is 18.7 Å². The molecule has 0 unspecified atom stereocenters. The second-order valence-corrected chi connectivity index (χ2v) is 9.60. The maximum atomic E-state index is 13.7. The normalized spacial score (nSPS) is 17.3. The third-order valence-corrected chi connectivity index (χ3v) is 7.66. The van der Waals surface area contributed by atoms with Crippen molar-refractivity contribution in [3.05, 3.63) is 95.6 Å². The summed E-state index contributed by atoms with van der Waals surface area (Å²) in [6.45, 7) is 0.302. The monoisotopic (exact) mass is 431 g/mol. The highest BCUT2D eigenvalue weighted by Gasteiger charge is 2.55. The van der Waals surface area contributed by atoms with Crippen LogP contribution in [0, 0.1) is 11.3 Å². The molecule has 0 aromatic heterocycles. The first kappa shape index (κ1) is 20.6. The van der Waals surface area contributed by atoms with Crippen LogP contribution in [-0.2, 0) is 27.5 Å². The minimum atomic E-state index is -4.17. The molecule has 0 aliphatic carbocycles. The van der Waals surface area contributed by atoms with E-state index in [1.165, 1.54) is 24.3 Å². The molecule has 0 bridgehead atoms. The molecule has 1 aliphatic heterocycles. The van der Waals surface area contributed by atoms with Gasteiger partial charge in [0.15, 0.2) is 0 Å². The Balaban J connectivity index is 1.67. The lowest BCUT2D eigenvalue weighted by Gasteiger charge is -2.29. The molecule has 3 aromatic rings. The Morgan fingerprint density at radius 2 is 1.77 bits per heavy atom. The van der Waals surface area contributed by atoms with E-state index < -0.39 is 20.6 Å². The van der Waals surface area contributed by atoms with Crippen molar-refractivity contribution < 1.29 is 13.2 Å². The molecule has 1 heterocycles. The number of sulfone groups is 1. The number of nitriles is 1. The van der Waals surface area contributed by atoms with Crippen LogP contribution in [0.4, 0.5) is 5.69 Å². The Bertz CT molecular complexity index is 1240. The molecule has 156 valence electrons. The van der Waals surface area contributed by atoms with Crippen LogP contribution in [-0.4, -0.2) is 25.7 Å². The van der Waals surface area contributed by atoms with E-state index in [2.05, 4.69) is 10.6 Å². The molecule has 0 spiro atoms. The Labute approximate surface area is 181 Å². The summed E-state index contributed by atoms with van der Waals surface area (Å²) in [6, 6.07) is 24.5. The lowest BCUT2D eigenvalue weighted by molar-refractivity contribution is -0.122. The summed E-state index contributed by atoms with van der Waals surface area (Å²) in [5.41, 5.74) is 2.63. The summed E-state index contributed by atoms with van der Waals surface area (Å²) in [4.78, 5) is 11.4. The summed E-state index contributed by atoms with van der Waals surface area (Å²) in [6.07, 6.45) is 0.582. The van der Waals surface area contributed by atoms with Gasteiger partial charge < -0.3 is 10.6 Å². The van der Waals surface area contributed by atoms with Gasteiger partial charge in [0.2, 0.25) is 14.7 Å². The van der Waals surface area contributed by atoms with Crippen LogP contribution in [0.5, 0.6) is 0 Å². The van der Waals surface area contributed by atoms with E-state index in [0.29, 0.717) is 18.7 Å². The number of amides is 1. The predicted molar refractivity (Wildman–Crippen MR) is 118 cm³/mol. The van der Waals surface area contributed by atoms with Crippen molar-refractivity contribution in [1.82, 2.24) is 5.32 Å². The molecule has 31 heavy (non-hydrogen) atoms. The maximum Gasteiger partial charge on any atom is 0.262 e. The van der Waals surface area contributed by atoms with Crippen LogP contribution in [0.3, 0.4) is 0 Å². The van der Waals surface area contributed by atoms with Crippen molar-refractivity contribution in [2.45, 2.75) is 22.6 Å². The van der Waals surface area contributed by atoms with Gasteiger partial charge in [0.25, 0.3) is 5.91 Å². The Hall–Kier alpha value is -3.63. The quantitative estimate of drug-likeness (QED) is 0.625. The number of benzene rings is 3. The fourth-order valence-electron chi connectivity index (χ4n) is 3.79. The fraction of sp³-hybridized carbons (Fsp3) is 0.167. The van der Waals surface area contributed by atoms with Crippen LogP contribution in [0.15, 0.2) is 83.8 Å². The highest BCUT2D eigenvalue weighted by molar-refractivity contribution is 7.93. The molecule has 4 rings (SSSR count). The van der Waals surface area contributed by atoms with E-state index >= 15 is 0 Å². The molecule has 2 N–H and O–H groups in total. The molecule has 1 aliphatic rings. The molecular formula is C24H21N3O3S. The van der Waals surface area contributed by atoms with Crippen molar-refractivity contribution >= 4 is 21.4 Å². The average Bonchev–Trinajstić information content (AvgIpc) is 3.21. The Kier molecular flexibility index (Phi) is 5.49. The molecule has 0 radical (unpaired) electrons. The molecular weight excluding hydrogens is 410 g/mol. The van der Waals surface area contributed by atoms with Gasteiger partial charge in [-0.25, -0.2) is 8.42 Å². The zero-order chi connectivity index (χ0) is 21.9. The van der Waals surface area contributed by atoms with Crippen LogP contribution in [0.1, 0.15) is 16.7 Å². The Morgan fingerprint density at radius 1 is 1.03 bits per heavy atom. The lowest BCUT2D eigenvalue weighted by Crippen LogP contribution is -2.57. The number of hydrogen-bond acceptors (Lipinski definition) is 5. The smallest absolute Gasteiger partial charge is 0.262 e. The van der Waals surface area contributed by atoms with Gasteiger partial charge in [0.05, 0.1) is 16.5 Å². The number of hydrogen-bond donors (Lipinski definition) is 2. The van der Waals surface area contributed by atoms with Crippen LogP contribution in [0.2, 0.25) is 0 Å². The minimum Gasteiger partial charge on any atom is -0.358 e. The highest BCUT2D eigenvalue weighted by Crippen LogP contribution is 2.39. The number of rotatable bonds is 6. The molecule has 6 nitrogen and oxygen atoms in total. The number of anilines is 1. The summed E-state index contributed by atoms with van der Waals surface area (Å²) in [7, 11) is -4.17. The minimum absolute atomic E-state index is 0.000538. The molecule has 3 aromatic carbocycles. The first-order valence-electron chi connectivity index (χ1n) is 9.89. The van der Waals surface area contributed by atoms with Gasteiger partial charge >= 0.3 is 0 Å². The number of fused-ring (bicyclic) bond motifs is 1. The van der Waals surface area contributed by atoms with Crippen LogP contribution in [0.25, 0.3) is 0 Å². The second kappa shape index (κ2) is 8.25. The van der Waals surface area contributed by atoms with Crippen LogP contribution >= 0.6 is 0 Å². The molecule has 7 heteroatoms. The SMILES string of the molecule is N#Cc1cccc(S(=O)(=O)[C@]2(C(=O)NCCc3ccccc3)Cc3ccccc3N2)c1. The number of nitrogens with zero attached hydrogens (tertiary/aromatic N) is 1. The van der Waals surface area contributed by atoms with E-state index in [-0.39, 0.29) is 16.9 Å². The van der Waals surface area contributed by atoms with E-state index in [1.807, 2.05) is 48.5 Å². The summed E-state index contributed by atoms with van der Waals surface area (Å²) < 4.78 is 27.5. The van der Waals surface area contributed by atoms with Gasteiger partial charge in [-0.05, 0) is 41.8 Å². The van der Waals surface area contributed by atoms with E-state index in [1.54, 1.807) is 12.1 Å². The maximum absolute atomic E-state index is 13.7. The summed E-state index contributed by atoms with van der Waals surface area (Å²) >= 11 is 0. The van der Waals surface area contributed by atoms with Gasteiger partial charge in [-0.15, -0.1) is 0 Å². The molecule has 0 saturated carbocycles. The number of carbonyl (C=O) groups is 1. The van der Waals surface area contributed by atoms with E-state index in [0.717, 1.165) is 11.1 Å². The standard InChI is InChI=1S/C24H21N3O3S/c25-17-19-9-6-11-21(15-19)31(29,30)24(16-20-10-4-5-12-22(20)27-24)23(28)26-14-13-18-7-2-1-3-8-18/h1-12,15,27H,13-14,16H2,(H,26,28)/t24-/m0/s1. The zero-order valence-corrected chi connectivity index (χ0v) is 17.5. The second-order valence-electron chi connectivity index (χ2n) is 7.42. The highest BCUT2D eigenvalue weighted by atomic mass is 32.2. The lowest BCUT2D eigenvalue weighted by atomic mass is 10.1. The molecule has 0 fully saturated rings. The van der Waals surface area contributed by atoms with Gasteiger partial charge in [0.1, 0.15) is 0 Å². The van der Waals surface area contributed by atoms with Crippen molar-refractivity contribution in [2.24, 2.45) is 0 Å². The fourth-order valence-corrected chi connectivity index (χ4v) is 5.64. The van der Waals surface area contributed by atoms with Gasteiger partial charge in [-0.2, -0.15) is 5.26 Å². The number of nitrogens with one attached hydrogen (secondary N) is 2. The number of para-hydroxylation sites is 1. The largest absolute Gasteiger partial charge is 0.358 e. The zero-order valence-electron chi connectivity index (χ0n) is 16.7. The summed E-state index contributed by atoms with van der Waals surface area (Å²) in [5, 5.41) is 15.0. The predicted octanol–water partition coefficient (Wildman–Crippen LogP) is 3.06. The molecule has 1 amide bonds. The average molecular weight is 432 g/mol.